The molecule has 45 heavy (non-hydrogen) atoms. The van der Waals surface area contributed by atoms with Crippen molar-refractivity contribution >= 4 is 59.4 Å². The van der Waals surface area contributed by atoms with Gasteiger partial charge in [0.15, 0.2) is 0 Å². The standard InChI is InChI=1S/C31H30N4O7S2.Na/c1-31(2)24(30(41)42)35-28(40)23(29(35)44-31)34-27(39)22(17-7-11-19(36)12-8-17)33-26(38)21-15-10-18(32-25(21)37)9-4-16-5-13-20(43-3)14-6-16;/h4-15,22-24,29,36H,1-3H3,(H,32,37)(H,33,38)(H,34,39)(H,41,42);/q;+1/p-1/b9-4+;/t22?,23-,24+,29-;/m1./s1. The van der Waals surface area contributed by atoms with Crippen LogP contribution in [-0.2, 0) is 14.4 Å². The fraction of sp³-hybridized carbons (Fsp3) is 0.258. The first-order chi connectivity index (χ1) is 20.9. The molecule has 2 aliphatic heterocycles. The molecule has 2 saturated heterocycles. The van der Waals surface area contributed by atoms with Gasteiger partial charge in [0.25, 0.3) is 11.5 Å². The minimum atomic E-state index is -1.38. The quantitative estimate of drug-likeness (QED) is 0.125. The zero-order valence-corrected chi connectivity index (χ0v) is 28.5. The van der Waals surface area contributed by atoms with E-state index in [2.05, 4.69) is 15.6 Å². The summed E-state index contributed by atoms with van der Waals surface area (Å²) in [5.41, 5.74) is 0.769. The molecular formula is C31H29N4NaO7S2. The van der Waals surface area contributed by atoms with Crippen LogP contribution in [0.3, 0.4) is 0 Å². The number of thioether (sulfide) groups is 2. The van der Waals surface area contributed by atoms with Gasteiger partial charge >= 0.3 is 29.6 Å². The summed E-state index contributed by atoms with van der Waals surface area (Å²) < 4.78 is -0.843. The Balaban J connectivity index is 0.00000461. The number of carbonyl (C=O) groups is 4. The molecule has 3 aromatic rings. The number of fused-ring (bicyclic) bond motifs is 1. The molecule has 0 saturated carbocycles. The van der Waals surface area contributed by atoms with Crippen molar-refractivity contribution in [2.45, 2.75) is 47.0 Å². The van der Waals surface area contributed by atoms with Gasteiger partial charge in [-0.25, -0.2) is 0 Å². The van der Waals surface area contributed by atoms with Crippen LogP contribution in [0.2, 0.25) is 0 Å². The molecule has 0 bridgehead atoms. The van der Waals surface area contributed by atoms with Crippen molar-refractivity contribution in [1.82, 2.24) is 20.5 Å². The number of H-pyrrole nitrogens is 1. The molecule has 0 spiro atoms. The minimum absolute atomic E-state index is 0. The van der Waals surface area contributed by atoms with Crippen molar-refractivity contribution < 1.29 is 58.9 Å². The summed E-state index contributed by atoms with van der Waals surface area (Å²) in [6.45, 7) is 3.37. The van der Waals surface area contributed by atoms with E-state index in [1.165, 1.54) is 47.0 Å². The molecule has 0 radical (unpaired) electrons. The molecule has 2 fully saturated rings. The molecule has 228 valence electrons. The SMILES string of the molecule is CSc1ccc(/C=C/c2ccc(C(=O)NC(C(=O)N[C@@H]3C(=O)N4[C@@H]3SC(C)(C)[C@@H]4C(=O)[O-])c3ccc(O)cc3)c(=O)[nH]2)cc1.[Na+]. The maximum absolute atomic E-state index is 13.5. The predicted molar refractivity (Wildman–Crippen MR) is 166 cm³/mol. The normalized spacial score (nSPS) is 20.5. The van der Waals surface area contributed by atoms with Gasteiger partial charge in [-0.15, -0.1) is 23.5 Å². The molecule has 4 N–H and O–H groups in total. The number of phenols is 1. The summed E-state index contributed by atoms with van der Waals surface area (Å²) in [5, 5.41) is 26.0. The van der Waals surface area contributed by atoms with E-state index in [0.29, 0.717) is 5.69 Å². The monoisotopic (exact) mass is 656 g/mol. The van der Waals surface area contributed by atoms with E-state index in [1.807, 2.05) is 36.6 Å². The molecule has 3 heterocycles. The van der Waals surface area contributed by atoms with Crippen LogP contribution < -0.4 is 50.9 Å². The Morgan fingerprint density at radius 3 is 2.31 bits per heavy atom. The van der Waals surface area contributed by atoms with Crippen LogP contribution in [0.5, 0.6) is 5.75 Å². The molecule has 2 aliphatic rings. The van der Waals surface area contributed by atoms with E-state index in [-0.39, 0.29) is 46.4 Å². The molecule has 3 amide bonds. The Hall–Kier alpha value is -3.49. The van der Waals surface area contributed by atoms with Crippen LogP contribution in [-0.4, -0.2) is 67.1 Å². The van der Waals surface area contributed by atoms with Gasteiger partial charge in [0.05, 0.1) is 12.0 Å². The first-order valence-electron chi connectivity index (χ1n) is 13.6. The number of nitrogens with zero attached hydrogens (tertiary/aromatic N) is 1. The van der Waals surface area contributed by atoms with Gasteiger partial charge in [0.1, 0.15) is 28.8 Å². The molecule has 5 rings (SSSR count). The smallest absolute Gasteiger partial charge is 0.548 e. The number of aromatic hydroxyl groups is 1. The van der Waals surface area contributed by atoms with E-state index < -0.39 is 57.5 Å². The first kappa shape index (κ1) is 34.4. The van der Waals surface area contributed by atoms with Crippen LogP contribution in [0.25, 0.3) is 12.2 Å². The van der Waals surface area contributed by atoms with Gasteiger partial charge in [-0.1, -0.05) is 30.3 Å². The summed E-state index contributed by atoms with van der Waals surface area (Å²) in [6, 6.07) is 12.8. The van der Waals surface area contributed by atoms with Crippen molar-refractivity contribution in [2.75, 3.05) is 6.26 Å². The van der Waals surface area contributed by atoms with E-state index in [4.69, 9.17) is 0 Å². The Morgan fingerprint density at radius 1 is 1.04 bits per heavy atom. The van der Waals surface area contributed by atoms with Gasteiger partial charge in [0.2, 0.25) is 11.8 Å². The predicted octanol–water partition coefficient (Wildman–Crippen LogP) is -1.26. The molecular weight excluding hydrogens is 627 g/mol. The Morgan fingerprint density at radius 2 is 1.71 bits per heavy atom. The third-order valence-corrected chi connectivity index (χ3v) is 9.79. The van der Waals surface area contributed by atoms with Gasteiger partial charge in [0, 0.05) is 15.3 Å². The minimum Gasteiger partial charge on any atom is -0.548 e. The number of hydrogen-bond acceptors (Lipinski definition) is 9. The Kier molecular flexibility index (Phi) is 10.6. The van der Waals surface area contributed by atoms with E-state index in [9.17, 15) is 34.2 Å². The largest absolute Gasteiger partial charge is 1.00 e. The number of aromatic amines is 1. The molecule has 14 heteroatoms. The van der Waals surface area contributed by atoms with Crippen LogP contribution in [0.1, 0.15) is 47.1 Å². The second-order valence-corrected chi connectivity index (χ2v) is 13.5. The number of benzene rings is 2. The Bertz CT molecular complexity index is 1710. The third-order valence-electron chi connectivity index (χ3n) is 7.47. The van der Waals surface area contributed by atoms with E-state index >= 15 is 0 Å². The van der Waals surface area contributed by atoms with Gasteiger partial charge in [-0.3, -0.25) is 19.2 Å². The fourth-order valence-corrected chi connectivity index (χ4v) is 7.23. The number of pyridine rings is 1. The van der Waals surface area contributed by atoms with E-state index in [0.717, 1.165) is 10.5 Å². The maximum Gasteiger partial charge on any atom is 1.00 e. The van der Waals surface area contributed by atoms with Crippen molar-refractivity contribution in [3.63, 3.8) is 0 Å². The molecule has 11 nitrogen and oxygen atoms in total. The maximum atomic E-state index is 13.5. The number of phenolic OH excluding ortho intramolecular Hbond substituents is 1. The number of rotatable bonds is 9. The van der Waals surface area contributed by atoms with Gasteiger partial charge in [-0.2, -0.15) is 0 Å². The van der Waals surface area contributed by atoms with Crippen molar-refractivity contribution in [3.8, 4) is 5.75 Å². The van der Waals surface area contributed by atoms with Crippen molar-refractivity contribution in [3.05, 3.63) is 93.4 Å². The average molecular weight is 657 g/mol. The van der Waals surface area contributed by atoms with Gasteiger partial charge in [-0.05, 0) is 73.7 Å². The van der Waals surface area contributed by atoms with E-state index in [1.54, 1.807) is 37.8 Å². The van der Waals surface area contributed by atoms with Gasteiger partial charge < -0.3 is 35.5 Å². The zero-order valence-electron chi connectivity index (χ0n) is 24.9. The number of amides is 3. The molecule has 2 aromatic carbocycles. The summed E-state index contributed by atoms with van der Waals surface area (Å²) in [7, 11) is 0. The number of carbonyl (C=O) groups excluding carboxylic acids is 4. The number of β-lactam (4-membered cyclic amide) rings is 1. The fourth-order valence-electron chi connectivity index (χ4n) is 5.20. The number of carboxylic acid groups (broad SMARTS) is 1. The molecule has 4 atom stereocenters. The average Bonchev–Trinajstić information content (AvgIpc) is 3.25. The molecule has 1 unspecified atom stereocenters. The number of hydrogen-bond donors (Lipinski definition) is 4. The van der Waals surface area contributed by atoms with Crippen molar-refractivity contribution in [2.24, 2.45) is 0 Å². The second-order valence-electron chi connectivity index (χ2n) is 10.8. The van der Waals surface area contributed by atoms with Crippen LogP contribution in [0.4, 0.5) is 0 Å². The first-order valence-corrected chi connectivity index (χ1v) is 15.7. The van der Waals surface area contributed by atoms with Crippen LogP contribution in [0.15, 0.2) is 70.4 Å². The number of nitrogens with one attached hydrogen (secondary N) is 3. The third kappa shape index (κ3) is 7.17. The second kappa shape index (κ2) is 13.9. The van der Waals surface area contributed by atoms with Crippen LogP contribution in [0, 0.1) is 0 Å². The zero-order chi connectivity index (χ0) is 31.8. The summed E-state index contributed by atoms with van der Waals surface area (Å²) in [6.07, 6.45) is 5.51. The molecule has 0 aliphatic carbocycles. The Labute approximate surface area is 289 Å². The van der Waals surface area contributed by atoms with Crippen molar-refractivity contribution in [1.29, 1.82) is 0 Å². The number of carboxylic acids is 1. The summed E-state index contributed by atoms with van der Waals surface area (Å²) in [4.78, 5) is 69.2. The number of aliphatic carboxylic acids is 1. The van der Waals surface area contributed by atoms with Crippen LogP contribution >= 0.6 is 23.5 Å². The molecule has 1 aromatic heterocycles. The topological polar surface area (TPSA) is 172 Å². The summed E-state index contributed by atoms with van der Waals surface area (Å²) in [5.74, 6) is -3.61. The number of aromatic nitrogens is 1. The summed E-state index contributed by atoms with van der Waals surface area (Å²) >= 11 is 2.86.